The van der Waals surface area contributed by atoms with Gasteiger partial charge in [0, 0.05) is 6.20 Å². The molecule has 0 fully saturated rings. The minimum atomic E-state index is -1.56. The van der Waals surface area contributed by atoms with Gasteiger partial charge in [-0.3, -0.25) is 19.9 Å². The Morgan fingerprint density at radius 3 is 2.43 bits per heavy atom. The standard InChI is InChI=1S/C7H7NO6/c9-5-3(6(10)11)1-8(14)2-4(5)7(12)13/h1,4,14H,2H2,(H,10,11)(H,12,13). The molecule has 76 valence electrons. The highest BCUT2D eigenvalue weighted by Gasteiger charge is 2.36. The van der Waals surface area contributed by atoms with Crippen LogP contribution in [0.1, 0.15) is 0 Å². The molecule has 0 saturated carbocycles. The Morgan fingerprint density at radius 2 is 2.00 bits per heavy atom. The number of carboxylic acids is 2. The number of carboxylic acid groups (broad SMARTS) is 2. The summed E-state index contributed by atoms with van der Waals surface area (Å²) in [7, 11) is 0. The summed E-state index contributed by atoms with van der Waals surface area (Å²) < 4.78 is 0. The first-order valence-electron chi connectivity index (χ1n) is 3.61. The number of Topliss-reactive ketones (excluding diaryl/α,β-unsaturated/α-hetero) is 1. The average molecular weight is 201 g/mol. The van der Waals surface area contributed by atoms with Crippen LogP contribution in [0.4, 0.5) is 0 Å². The zero-order valence-corrected chi connectivity index (χ0v) is 6.88. The van der Waals surface area contributed by atoms with Gasteiger partial charge in [0.05, 0.1) is 6.54 Å². The van der Waals surface area contributed by atoms with Crippen LogP contribution in [0.2, 0.25) is 0 Å². The fourth-order valence-electron chi connectivity index (χ4n) is 1.07. The molecule has 0 aromatic heterocycles. The summed E-state index contributed by atoms with van der Waals surface area (Å²) in [5.74, 6) is -5.55. The van der Waals surface area contributed by atoms with Gasteiger partial charge in [-0.05, 0) is 0 Å². The summed E-state index contributed by atoms with van der Waals surface area (Å²) in [4.78, 5) is 32.1. The van der Waals surface area contributed by atoms with Gasteiger partial charge in [-0.1, -0.05) is 0 Å². The van der Waals surface area contributed by atoms with Gasteiger partial charge in [0.15, 0.2) is 5.78 Å². The van der Waals surface area contributed by atoms with E-state index in [1.165, 1.54) is 0 Å². The highest BCUT2D eigenvalue weighted by molar-refractivity contribution is 6.22. The normalized spacial score (nSPS) is 21.8. The van der Waals surface area contributed by atoms with Gasteiger partial charge in [0.2, 0.25) is 0 Å². The lowest BCUT2D eigenvalue weighted by atomic mass is 9.95. The molecule has 0 aromatic carbocycles. The van der Waals surface area contributed by atoms with E-state index in [9.17, 15) is 14.4 Å². The molecular formula is C7H7NO6. The van der Waals surface area contributed by atoms with Crippen molar-refractivity contribution >= 4 is 17.7 Å². The molecule has 1 aliphatic rings. The number of carbonyl (C=O) groups is 3. The Bertz CT molecular complexity index is 333. The molecular weight excluding hydrogens is 194 g/mol. The van der Waals surface area contributed by atoms with E-state index in [-0.39, 0.29) is 0 Å². The molecule has 1 unspecified atom stereocenters. The maximum Gasteiger partial charge on any atom is 0.340 e. The zero-order valence-electron chi connectivity index (χ0n) is 6.88. The van der Waals surface area contributed by atoms with Gasteiger partial charge < -0.3 is 10.2 Å². The smallest absolute Gasteiger partial charge is 0.340 e. The topological polar surface area (TPSA) is 115 Å². The summed E-state index contributed by atoms with van der Waals surface area (Å²) >= 11 is 0. The molecule has 1 heterocycles. The summed E-state index contributed by atoms with van der Waals surface area (Å²) in [6, 6.07) is 0. The molecule has 7 heteroatoms. The summed E-state index contributed by atoms with van der Waals surface area (Å²) in [5, 5.41) is 26.4. The van der Waals surface area contributed by atoms with E-state index in [2.05, 4.69) is 0 Å². The molecule has 0 aliphatic carbocycles. The second kappa shape index (κ2) is 3.46. The first-order valence-corrected chi connectivity index (χ1v) is 3.61. The van der Waals surface area contributed by atoms with Crippen LogP contribution < -0.4 is 0 Å². The number of hydrogen-bond acceptors (Lipinski definition) is 5. The van der Waals surface area contributed by atoms with Crippen molar-refractivity contribution in [3.05, 3.63) is 11.8 Å². The minimum Gasteiger partial charge on any atom is -0.481 e. The van der Waals surface area contributed by atoms with E-state index >= 15 is 0 Å². The van der Waals surface area contributed by atoms with Crippen molar-refractivity contribution in [2.45, 2.75) is 0 Å². The second-order valence-electron chi connectivity index (χ2n) is 2.73. The molecule has 3 N–H and O–H groups in total. The van der Waals surface area contributed by atoms with Crippen LogP contribution in [0.25, 0.3) is 0 Å². The molecule has 14 heavy (non-hydrogen) atoms. The van der Waals surface area contributed by atoms with Crippen molar-refractivity contribution < 1.29 is 29.8 Å². The van der Waals surface area contributed by atoms with Gasteiger partial charge >= 0.3 is 11.9 Å². The second-order valence-corrected chi connectivity index (χ2v) is 2.73. The van der Waals surface area contributed by atoms with Crippen LogP contribution in [-0.2, 0) is 14.4 Å². The number of carbonyl (C=O) groups excluding carboxylic acids is 1. The molecule has 0 radical (unpaired) electrons. The predicted molar refractivity (Wildman–Crippen MR) is 40.3 cm³/mol. The van der Waals surface area contributed by atoms with Gasteiger partial charge in [0.25, 0.3) is 0 Å². The van der Waals surface area contributed by atoms with Gasteiger partial charge in [-0.15, -0.1) is 0 Å². The maximum absolute atomic E-state index is 11.2. The van der Waals surface area contributed by atoms with Crippen LogP contribution in [0.3, 0.4) is 0 Å². The van der Waals surface area contributed by atoms with Crippen LogP contribution in [0.5, 0.6) is 0 Å². The Hall–Kier alpha value is -1.89. The third-order valence-electron chi connectivity index (χ3n) is 1.76. The van der Waals surface area contributed by atoms with Crippen LogP contribution in [-0.4, -0.2) is 44.8 Å². The predicted octanol–water partition coefficient (Wildman–Crippen LogP) is -1.07. The quantitative estimate of drug-likeness (QED) is 0.384. The number of nitrogens with zero attached hydrogens (tertiary/aromatic N) is 1. The minimum absolute atomic E-state index is 0.379. The zero-order chi connectivity index (χ0) is 10.9. The molecule has 1 aliphatic heterocycles. The van der Waals surface area contributed by atoms with E-state index in [1.54, 1.807) is 0 Å². The van der Waals surface area contributed by atoms with E-state index in [1.807, 2.05) is 0 Å². The lowest BCUT2D eigenvalue weighted by Gasteiger charge is -2.22. The first kappa shape index (κ1) is 10.2. The van der Waals surface area contributed by atoms with Gasteiger partial charge in [0.1, 0.15) is 11.5 Å². The fourth-order valence-corrected chi connectivity index (χ4v) is 1.07. The lowest BCUT2D eigenvalue weighted by Crippen LogP contribution is -2.40. The number of rotatable bonds is 2. The van der Waals surface area contributed by atoms with Crippen molar-refractivity contribution in [2.24, 2.45) is 5.92 Å². The molecule has 0 spiro atoms. The molecule has 0 bridgehead atoms. The van der Waals surface area contributed by atoms with Crippen molar-refractivity contribution in [2.75, 3.05) is 6.54 Å². The summed E-state index contributed by atoms with van der Waals surface area (Å²) in [6.07, 6.45) is 0.699. The number of ketones is 1. The highest BCUT2D eigenvalue weighted by atomic mass is 16.5. The van der Waals surface area contributed by atoms with E-state index in [0.717, 1.165) is 0 Å². The van der Waals surface area contributed by atoms with E-state index in [0.29, 0.717) is 11.3 Å². The van der Waals surface area contributed by atoms with Crippen LogP contribution >= 0.6 is 0 Å². The molecule has 1 atom stereocenters. The van der Waals surface area contributed by atoms with Crippen LogP contribution in [0, 0.1) is 5.92 Å². The van der Waals surface area contributed by atoms with Crippen molar-refractivity contribution in [3.8, 4) is 0 Å². The molecule has 0 saturated heterocycles. The third kappa shape index (κ3) is 1.72. The summed E-state index contributed by atoms with van der Waals surface area (Å²) in [5.41, 5.74) is -0.730. The van der Waals surface area contributed by atoms with E-state index in [4.69, 9.17) is 15.4 Å². The molecule has 0 aromatic rings. The Labute approximate surface area is 77.8 Å². The molecule has 1 rings (SSSR count). The van der Waals surface area contributed by atoms with Crippen molar-refractivity contribution in [1.82, 2.24) is 5.06 Å². The highest BCUT2D eigenvalue weighted by Crippen LogP contribution is 2.16. The third-order valence-corrected chi connectivity index (χ3v) is 1.76. The number of hydrogen-bond donors (Lipinski definition) is 3. The number of aliphatic carboxylic acids is 2. The average Bonchev–Trinajstić information content (AvgIpc) is 2.07. The van der Waals surface area contributed by atoms with Gasteiger partial charge in [-0.2, -0.15) is 0 Å². The Morgan fingerprint density at radius 1 is 1.43 bits per heavy atom. The maximum atomic E-state index is 11.2. The van der Waals surface area contributed by atoms with Crippen molar-refractivity contribution in [1.29, 1.82) is 0 Å². The van der Waals surface area contributed by atoms with Crippen LogP contribution in [0.15, 0.2) is 11.8 Å². The van der Waals surface area contributed by atoms with Gasteiger partial charge in [-0.25, -0.2) is 4.79 Å². The first-order chi connectivity index (χ1) is 6.43. The molecule has 0 amide bonds. The Kier molecular flexibility index (Phi) is 2.52. The molecule has 7 nitrogen and oxygen atoms in total. The Balaban J connectivity index is 3.03. The van der Waals surface area contributed by atoms with Crippen molar-refractivity contribution in [3.63, 3.8) is 0 Å². The largest absolute Gasteiger partial charge is 0.481 e. The van der Waals surface area contributed by atoms with E-state index < -0.39 is 35.8 Å². The lowest BCUT2D eigenvalue weighted by molar-refractivity contribution is -0.153. The number of hydroxylamine groups is 2. The SMILES string of the molecule is O=C(O)C1=CN(O)CC(C(=O)O)C1=O. The fraction of sp³-hybridized carbons (Fsp3) is 0.286. The monoisotopic (exact) mass is 201 g/mol. The summed E-state index contributed by atoms with van der Waals surface area (Å²) in [6.45, 7) is -0.440.